The summed E-state index contributed by atoms with van der Waals surface area (Å²) in [6.07, 6.45) is 0.639. The molecule has 3 rings (SSSR count). The number of aromatic nitrogens is 2. The van der Waals surface area contributed by atoms with Crippen LogP contribution in [0.25, 0.3) is 11.0 Å². The lowest BCUT2D eigenvalue weighted by molar-refractivity contribution is 0.628. The Bertz CT molecular complexity index is 794. The molecule has 110 valence electrons. The van der Waals surface area contributed by atoms with Crippen LogP contribution in [0, 0.1) is 12.7 Å². The Kier molecular flexibility index (Phi) is 4.20. The van der Waals surface area contributed by atoms with E-state index in [1.807, 2.05) is 4.57 Å². The largest absolute Gasteiger partial charge is 0.323 e. The van der Waals surface area contributed by atoms with Gasteiger partial charge in [0.1, 0.15) is 11.6 Å². The van der Waals surface area contributed by atoms with E-state index >= 15 is 0 Å². The Hall–Kier alpha value is -1.10. The zero-order valence-electron chi connectivity index (χ0n) is 11.4. The maximum atomic E-state index is 13.8. The van der Waals surface area contributed by atoms with Crippen LogP contribution in [0.2, 0.25) is 5.02 Å². The molecule has 0 aliphatic carbocycles. The summed E-state index contributed by atoms with van der Waals surface area (Å²) in [6, 6.07) is 7.18. The van der Waals surface area contributed by atoms with Gasteiger partial charge in [-0.1, -0.05) is 11.6 Å². The first-order chi connectivity index (χ1) is 10.1. The van der Waals surface area contributed by atoms with Gasteiger partial charge in [-0.3, -0.25) is 0 Å². The number of alkyl halides is 1. The molecule has 0 bridgehead atoms. The maximum absolute atomic E-state index is 13.8. The second-order valence-corrected chi connectivity index (χ2v) is 6.98. The van der Waals surface area contributed by atoms with Gasteiger partial charge in [-0.25, -0.2) is 9.37 Å². The molecule has 0 saturated carbocycles. The third kappa shape index (κ3) is 2.93. The van der Waals surface area contributed by atoms with E-state index in [9.17, 15) is 4.39 Å². The number of hydrogen-bond acceptors (Lipinski definition) is 2. The number of aryl methyl sites for hydroxylation is 2. The van der Waals surface area contributed by atoms with Crippen molar-refractivity contribution in [1.29, 1.82) is 0 Å². The highest BCUT2D eigenvalue weighted by atomic mass is 35.5. The van der Waals surface area contributed by atoms with Gasteiger partial charge in [0.05, 0.1) is 22.6 Å². The standard InChI is InChI=1S/C15H13Cl2FN2S/c1-9-2-3-10(21-9)8-20-14-7-12(18)11(17)6-13(14)19-15(20)4-5-16/h2-3,6-7H,4-5,8H2,1H3. The Balaban J connectivity index is 2.12. The van der Waals surface area contributed by atoms with Crippen LogP contribution >= 0.6 is 34.5 Å². The zero-order valence-corrected chi connectivity index (χ0v) is 13.7. The van der Waals surface area contributed by atoms with Gasteiger partial charge >= 0.3 is 0 Å². The van der Waals surface area contributed by atoms with Crippen LogP contribution in [-0.4, -0.2) is 15.4 Å². The smallest absolute Gasteiger partial charge is 0.144 e. The van der Waals surface area contributed by atoms with E-state index < -0.39 is 5.82 Å². The van der Waals surface area contributed by atoms with E-state index in [2.05, 4.69) is 24.0 Å². The molecule has 0 saturated heterocycles. The molecule has 0 unspecified atom stereocenters. The molecule has 2 nitrogen and oxygen atoms in total. The van der Waals surface area contributed by atoms with Gasteiger partial charge in [-0.2, -0.15) is 0 Å². The van der Waals surface area contributed by atoms with Gasteiger partial charge in [0.15, 0.2) is 0 Å². The molecule has 0 fully saturated rings. The highest BCUT2D eigenvalue weighted by molar-refractivity contribution is 7.11. The summed E-state index contributed by atoms with van der Waals surface area (Å²) >= 11 is 13.4. The van der Waals surface area contributed by atoms with E-state index in [-0.39, 0.29) is 5.02 Å². The average molecular weight is 343 g/mol. The molecule has 0 aliphatic rings. The lowest BCUT2D eigenvalue weighted by Gasteiger charge is -2.07. The van der Waals surface area contributed by atoms with Crippen molar-refractivity contribution >= 4 is 45.6 Å². The minimum atomic E-state index is -0.426. The van der Waals surface area contributed by atoms with Crippen molar-refractivity contribution in [1.82, 2.24) is 9.55 Å². The van der Waals surface area contributed by atoms with Gasteiger partial charge < -0.3 is 4.57 Å². The summed E-state index contributed by atoms with van der Waals surface area (Å²) in [5, 5.41) is 0.0940. The summed E-state index contributed by atoms with van der Waals surface area (Å²) in [5.74, 6) is 0.904. The van der Waals surface area contributed by atoms with Crippen molar-refractivity contribution < 1.29 is 4.39 Å². The number of halogens is 3. The third-order valence-electron chi connectivity index (χ3n) is 3.30. The third-order valence-corrected chi connectivity index (χ3v) is 4.76. The predicted octanol–water partition coefficient (Wildman–Crippen LogP) is 5.03. The Morgan fingerprint density at radius 3 is 2.81 bits per heavy atom. The first kappa shape index (κ1) is 14.8. The Morgan fingerprint density at radius 1 is 1.33 bits per heavy atom. The maximum Gasteiger partial charge on any atom is 0.144 e. The minimum Gasteiger partial charge on any atom is -0.323 e. The first-order valence-corrected chi connectivity index (χ1v) is 8.27. The van der Waals surface area contributed by atoms with Gasteiger partial charge in [-0.15, -0.1) is 22.9 Å². The molecular weight excluding hydrogens is 330 g/mol. The average Bonchev–Trinajstić information content (AvgIpc) is 2.97. The molecule has 6 heteroatoms. The van der Waals surface area contributed by atoms with Crippen molar-refractivity contribution in [2.45, 2.75) is 19.9 Å². The summed E-state index contributed by atoms with van der Waals surface area (Å²) < 4.78 is 15.8. The van der Waals surface area contributed by atoms with Crippen molar-refractivity contribution in [3.8, 4) is 0 Å². The number of fused-ring (bicyclic) bond motifs is 1. The fourth-order valence-electron chi connectivity index (χ4n) is 2.35. The normalized spacial score (nSPS) is 11.4. The lowest BCUT2D eigenvalue weighted by Crippen LogP contribution is -2.05. The summed E-state index contributed by atoms with van der Waals surface area (Å²) in [6.45, 7) is 2.74. The van der Waals surface area contributed by atoms with E-state index in [1.54, 1.807) is 17.4 Å². The fourth-order valence-corrected chi connectivity index (χ4v) is 3.55. The predicted molar refractivity (Wildman–Crippen MR) is 87.3 cm³/mol. The van der Waals surface area contributed by atoms with Crippen molar-refractivity contribution in [3.05, 3.63) is 50.7 Å². The first-order valence-electron chi connectivity index (χ1n) is 6.54. The lowest BCUT2D eigenvalue weighted by atomic mass is 10.3. The van der Waals surface area contributed by atoms with Gasteiger partial charge in [0, 0.05) is 28.1 Å². The number of imidazole rings is 1. The van der Waals surface area contributed by atoms with E-state index in [1.165, 1.54) is 15.8 Å². The quantitative estimate of drug-likeness (QED) is 0.608. The number of benzene rings is 1. The molecular formula is C15H13Cl2FN2S. The van der Waals surface area contributed by atoms with Crippen LogP contribution in [0.1, 0.15) is 15.6 Å². The van der Waals surface area contributed by atoms with Crippen molar-refractivity contribution in [3.63, 3.8) is 0 Å². The minimum absolute atomic E-state index is 0.0940. The van der Waals surface area contributed by atoms with Gasteiger partial charge in [0.25, 0.3) is 0 Å². The van der Waals surface area contributed by atoms with Crippen LogP contribution in [0.15, 0.2) is 24.3 Å². The van der Waals surface area contributed by atoms with Gasteiger partial charge in [0.2, 0.25) is 0 Å². The number of nitrogens with zero attached hydrogens (tertiary/aromatic N) is 2. The van der Waals surface area contributed by atoms with E-state index in [0.29, 0.717) is 24.4 Å². The summed E-state index contributed by atoms with van der Waals surface area (Å²) in [5.41, 5.74) is 1.46. The SMILES string of the molecule is Cc1ccc(Cn2c(CCCl)nc3cc(Cl)c(F)cc32)s1. The highest BCUT2D eigenvalue weighted by Crippen LogP contribution is 2.26. The Morgan fingerprint density at radius 2 is 2.14 bits per heavy atom. The molecule has 0 atom stereocenters. The highest BCUT2D eigenvalue weighted by Gasteiger charge is 2.14. The molecule has 0 spiro atoms. The number of hydrogen-bond donors (Lipinski definition) is 0. The molecule has 21 heavy (non-hydrogen) atoms. The van der Waals surface area contributed by atoms with Crippen LogP contribution < -0.4 is 0 Å². The molecule has 1 aromatic carbocycles. The van der Waals surface area contributed by atoms with Crippen LogP contribution in [0.4, 0.5) is 4.39 Å². The second-order valence-electron chi connectivity index (χ2n) is 4.82. The van der Waals surface area contributed by atoms with Crippen LogP contribution in [0.3, 0.4) is 0 Å². The summed E-state index contributed by atoms with van der Waals surface area (Å²) in [7, 11) is 0. The number of thiophene rings is 1. The monoisotopic (exact) mass is 342 g/mol. The second kappa shape index (κ2) is 5.95. The molecule has 3 aromatic rings. The Labute approximate surface area is 136 Å². The fraction of sp³-hybridized carbons (Fsp3) is 0.267. The molecule has 0 amide bonds. The topological polar surface area (TPSA) is 17.8 Å². The number of rotatable bonds is 4. The van der Waals surface area contributed by atoms with E-state index in [0.717, 1.165) is 11.3 Å². The zero-order chi connectivity index (χ0) is 15.0. The van der Waals surface area contributed by atoms with Crippen molar-refractivity contribution in [2.24, 2.45) is 0 Å². The van der Waals surface area contributed by atoms with E-state index in [4.69, 9.17) is 23.2 Å². The molecule has 0 radical (unpaired) electrons. The van der Waals surface area contributed by atoms with Gasteiger partial charge in [-0.05, 0) is 25.1 Å². The molecule has 2 heterocycles. The molecule has 2 aromatic heterocycles. The van der Waals surface area contributed by atoms with Crippen LogP contribution in [-0.2, 0) is 13.0 Å². The summed E-state index contributed by atoms with van der Waals surface area (Å²) in [4.78, 5) is 7.00. The van der Waals surface area contributed by atoms with Crippen molar-refractivity contribution in [2.75, 3.05) is 5.88 Å². The molecule has 0 N–H and O–H groups in total. The molecule has 0 aliphatic heterocycles. The van der Waals surface area contributed by atoms with Crippen LogP contribution in [0.5, 0.6) is 0 Å².